The maximum atomic E-state index is 11.5. The molecule has 0 bridgehead atoms. The van der Waals surface area contributed by atoms with Crippen molar-refractivity contribution in [3.8, 4) is 23.3 Å². The molecular weight excluding hydrogens is 360 g/mol. The quantitative estimate of drug-likeness (QED) is 0.421. The highest BCUT2D eigenvalue weighted by Crippen LogP contribution is 2.42. The van der Waals surface area contributed by atoms with Gasteiger partial charge in [-0.25, -0.2) is 0 Å². The van der Waals surface area contributed by atoms with Crippen molar-refractivity contribution >= 4 is 34.3 Å². The molecule has 8 heteroatoms. The summed E-state index contributed by atoms with van der Waals surface area (Å²) in [5.74, 6) is 0.766. The number of nitriles is 1. The summed E-state index contributed by atoms with van der Waals surface area (Å²) >= 11 is 2.73. The fourth-order valence-corrected chi connectivity index (χ4v) is 3.32. The minimum absolute atomic E-state index is 0.0773. The van der Waals surface area contributed by atoms with Crippen LogP contribution in [0.5, 0.6) is 17.2 Å². The van der Waals surface area contributed by atoms with Crippen molar-refractivity contribution in [2.24, 2.45) is 5.73 Å². The number of hydrogen-bond donors (Lipinski definition) is 1. The molecule has 0 aromatic heterocycles. The fraction of sp³-hybridized carbons (Fsp3) is 0.294. The Labute approximate surface area is 156 Å². The second-order valence-electron chi connectivity index (χ2n) is 4.55. The molecule has 1 aromatic carbocycles. The van der Waals surface area contributed by atoms with Gasteiger partial charge in [0.15, 0.2) is 11.5 Å². The van der Waals surface area contributed by atoms with Gasteiger partial charge in [0.05, 0.1) is 21.3 Å². The molecule has 1 rings (SSSR count). The number of nitrogens with two attached hydrogens (primary N) is 1. The van der Waals surface area contributed by atoms with E-state index in [1.807, 2.05) is 12.3 Å². The summed E-state index contributed by atoms with van der Waals surface area (Å²) in [6.45, 7) is 0. The van der Waals surface area contributed by atoms with E-state index in [9.17, 15) is 10.1 Å². The third-order valence-electron chi connectivity index (χ3n) is 3.26. The van der Waals surface area contributed by atoms with E-state index in [1.165, 1.54) is 44.9 Å². The Morgan fingerprint density at radius 1 is 1.12 bits per heavy atom. The summed E-state index contributed by atoms with van der Waals surface area (Å²) in [5, 5.41) is 9.17. The average molecular weight is 380 g/mol. The lowest BCUT2D eigenvalue weighted by molar-refractivity contribution is -0.114. The summed E-state index contributed by atoms with van der Waals surface area (Å²) in [6, 6.07) is 5.46. The Hall–Kier alpha value is -2.24. The van der Waals surface area contributed by atoms with Crippen molar-refractivity contribution in [2.75, 3.05) is 33.8 Å². The van der Waals surface area contributed by atoms with Crippen LogP contribution in [0.2, 0.25) is 0 Å². The number of hydrogen-bond acceptors (Lipinski definition) is 7. The van der Waals surface area contributed by atoms with Crippen molar-refractivity contribution in [1.29, 1.82) is 5.26 Å². The Morgan fingerprint density at radius 2 is 1.68 bits per heavy atom. The Morgan fingerprint density at radius 3 is 2.00 bits per heavy atom. The largest absolute Gasteiger partial charge is 0.493 e. The van der Waals surface area contributed by atoms with Crippen LogP contribution in [0, 0.1) is 11.3 Å². The lowest BCUT2D eigenvalue weighted by atomic mass is 10.1. The van der Waals surface area contributed by atoms with Gasteiger partial charge >= 0.3 is 0 Å². The van der Waals surface area contributed by atoms with Crippen molar-refractivity contribution < 1.29 is 19.0 Å². The average Bonchev–Trinajstić information content (AvgIpc) is 2.63. The van der Waals surface area contributed by atoms with Crippen LogP contribution in [-0.4, -0.2) is 39.7 Å². The molecule has 2 N–H and O–H groups in total. The minimum Gasteiger partial charge on any atom is -0.493 e. The van der Waals surface area contributed by atoms with Gasteiger partial charge in [0.1, 0.15) is 11.6 Å². The summed E-state index contributed by atoms with van der Waals surface area (Å²) in [5.41, 5.74) is 6.01. The number of amides is 1. The van der Waals surface area contributed by atoms with Gasteiger partial charge in [-0.05, 0) is 36.3 Å². The number of thioether (sulfide) groups is 2. The van der Waals surface area contributed by atoms with E-state index in [1.54, 1.807) is 24.5 Å². The van der Waals surface area contributed by atoms with Crippen molar-refractivity contribution in [3.05, 3.63) is 34.3 Å². The molecule has 0 radical (unpaired) electrons. The molecule has 0 aliphatic carbocycles. The van der Waals surface area contributed by atoms with Crippen LogP contribution in [0.3, 0.4) is 0 Å². The number of allylic oxidation sites excluding steroid dienone is 1. The lowest BCUT2D eigenvalue weighted by Gasteiger charge is -2.15. The number of primary amides is 1. The molecule has 1 aromatic rings. The molecule has 0 heterocycles. The minimum atomic E-state index is -0.756. The van der Waals surface area contributed by atoms with Crippen LogP contribution in [-0.2, 0) is 4.79 Å². The first-order valence-corrected chi connectivity index (χ1v) is 9.46. The van der Waals surface area contributed by atoms with Gasteiger partial charge < -0.3 is 19.9 Å². The number of carbonyl (C=O) groups excluding carboxylic acids is 1. The first-order valence-electron chi connectivity index (χ1n) is 7.01. The van der Waals surface area contributed by atoms with E-state index in [4.69, 9.17) is 19.9 Å². The van der Waals surface area contributed by atoms with E-state index in [0.717, 1.165) is 10.5 Å². The molecule has 0 saturated heterocycles. The first kappa shape index (κ1) is 20.8. The predicted octanol–water partition coefficient (Wildman–Crippen LogP) is 3.04. The van der Waals surface area contributed by atoms with Crippen LogP contribution in [0.1, 0.15) is 5.56 Å². The van der Waals surface area contributed by atoms with E-state index in [-0.39, 0.29) is 5.57 Å². The van der Waals surface area contributed by atoms with E-state index in [0.29, 0.717) is 22.2 Å². The number of carbonyl (C=O) groups is 1. The van der Waals surface area contributed by atoms with Crippen LogP contribution in [0.4, 0.5) is 0 Å². The maximum Gasteiger partial charge on any atom is 0.260 e. The predicted molar refractivity (Wildman–Crippen MR) is 103 cm³/mol. The SMILES string of the molecule is COc1cc(/C(=C\C(SC)=C(/C#N)C(N)=O)SC)cc(OC)c1OC. The molecule has 0 atom stereocenters. The van der Waals surface area contributed by atoms with Crippen molar-refractivity contribution in [3.63, 3.8) is 0 Å². The molecule has 0 aliphatic heterocycles. The monoisotopic (exact) mass is 380 g/mol. The molecule has 0 fully saturated rings. The topological polar surface area (TPSA) is 94.6 Å². The molecule has 1 amide bonds. The Bertz CT molecular complexity index is 727. The molecule has 0 spiro atoms. The van der Waals surface area contributed by atoms with Gasteiger partial charge in [0, 0.05) is 9.81 Å². The van der Waals surface area contributed by atoms with Gasteiger partial charge in [-0.3, -0.25) is 4.79 Å². The second-order valence-corrected chi connectivity index (χ2v) is 6.24. The Kier molecular flexibility index (Phi) is 8.25. The molecular formula is C17H20N2O4S2. The van der Waals surface area contributed by atoms with Crippen LogP contribution in [0.15, 0.2) is 28.7 Å². The van der Waals surface area contributed by atoms with Crippen LogP contribution >= 0.6 is 23.5 Å². The molecule has 0 saturated carbocycles. The zero-order valence-corrected chi connectivity index (χ0v) is 16.3. The van der Waals surface area contributed by atoms with Gasteiger partial charge in [0.25, 0.3) is 5.91 Å². The third kappa shape index (κ3) is 4.87. The van der Waals surface area contributed by atoms with E-state index < -0.39 is 5.91 Å². The van der Waals surface area contributed by atoms with Crippen LogP contribution < -0.4 is 19.9 Å². The fourth-order valence-electron chi connectivity index (χ4n) is 2.07. The number of nitrogens with zero attached hydrogens (tertiary/aromatic N) is 1. The number of methoxy groups -OCH3 is 3. The number of benzene rings is 1. The van der Waals surface area contributed by atoms with Gasteiger partial charge in [0.2, 0.25) is 5.75 Å². The zero-order valence-electron chi connectivity index (χ0n) is 14.7. The summed E-state index contributed by atoms with van der Waals surface area (Å²) in [6.07, 6.45) is 5.42. The number of rotatable bonds is 8. The van der Waals surface area contributed by atoms with Gasteiger partial charge in [-0.1, -0.05) is 0 Å². The standard InChI is InChI=1S/C17H20N2O4S2/c1-21-12-6-10(7-13(22-2)16(12)23-3)14(24-4)8-15(25-5)11(9-18)17(19)20/h6-8H,1-5H3,(H2,19,20)/b14-8+,15-11-. The highest BCUT2D eigenvalue weighted by atomic mass is 32.2. The van der Waals surface area contributed by atoms with Gasteiger partial charge in [-0.15, -0.1) is 23.5 Å². The highest BCUT2D eigenvalue weighted by Gasteiger charge is 2.16. The summed E-state index contributed by atoms with van der Waals surface area (Å²) in [7, 11) is 4.61. The Balaban J connectivity index is 3.60. The second kappa shape index (κ2) is 9.91. The van der Waals surface area contributed by atoms with E-state index in [2.05, 4.69) is 0 Å². The van der Waals surface area contributed by atoms with E-state index >= 15 is 0 Å². The maximum absolute atomic E-state index is 11.5. The normalized spacial score (nSPS) is 12.1. The number of ether oxygens (including phenoxy) is 3. The molecule has 25 heavy (non-hydrogen) atoms. The van der Waals surface area contributed by atoms with Crippen molar-refractivity contribution in [2.45, 2.75) is 0 Å². The molecule has 0 unspecified atom stereocenters. The molecule has 0 aliphatic rings. The summed E-state index contributed by atoms with van der Waals surface area (Å²) < 4.78 is 16.1. The summed E-state index contributed by atoms with van der Waals surface area (Å²) in [4.78, 5) is 12.8. The third-order valence-corrected chi connectivity index (χ3v) is 4.81. The van der Waals surface area contributed by atoms with Crippen LogP contribution in [0.25, 0.3) is 4.91 Å². The first-order chi connectivity index (χ1) is 12.0. The highest BCUT2D eigenvalue weighted by molar-refractivity contribution is 8.07. The molecule has 134 valence electrons. The smallest absolute Gasteiger partial charge is 0.260 e. The van der Waals surface area contributed by atoms with Gasteiger partial charge in [-0.2, -0.15) is 5.26 Å². The van der Waals surface area contributed by atoms with Crippen molar-refractivity contribution in [1.82, 2.24) is 0 Å². The lowest BCUT2D eigenvalue weighted by Crippen LogP contribution is -2.13. The molecule has 6 nitrogen and oxygen atoms in total. The zero-order chi connectivity index (χ0) is 19.0.